The van der Waals surface area contributed by atoms with Gasteiger partial charge in [-0.05, 0) is 35.8 Å². The third-order valence-corrected chi connectivity index (χ3v) is 3.03. The van der Waals surface area contributed by atoms with Gasteiger partial charge in [-0.3, -0.25) is 0 Å². The van der Waals surface area contributed by atoms with Crippen LogP contribution >= 0.6 is 0 Å². The predicted octanol–water partition coefficient (Wildman–Crippen LogP) is 3.74. The van der Waals surface area contributed by atoms with Gasteiger partial charge in [0.2, 0.25) is 0 Å². The Labute approximate surface area is 93.5 Å². The first-order valence-electron chi connectivity index (χ1n) is 5.76. The smallest absolute Gasteiger partial charge is 0.0471 e. The summed E-state index contributed by atoms with van der Waals surface area (Å²) in [6.45, 7) is 14.1. The summed E-state index contributed by atoms with van der Waals surface area (Å²) in [5, 5.41) is 0. The minimum Gasteiger partial charge on any atom is -0.381 e. The van der Waals surface area contributed by atoms with Crippen molar-refractivity contribution in [3.05, 3.63) is 36.5 Å². The Morgan fingerprint density at radius 1 is 1.33 bits per heavy atom. The van der Waals surface area contributed by atoms with Gasteiger partial charge in [0.25, 0.3) is 0 Å². The molecule has 0 radical (unpaired) electrons. The summed E-state index contributed by atoms with van der Waals surface area (Å²) in [6, 6.07) is 0. The molecule has 0 aromatic heterocycles. The number of allylic oxidation sites excluding steroid dienone is 4. The highest BCUT2D eigenvalue weighted by Gasteiger charge is 2.20. The fourth-order valence-corrected chi connectivity index (χ4v) is 1.97. The quantitative estimate of drug-likeness (QED) is 0.637. The van der Waals surface area contributed by atoms with Gasteiger partial charge in [-0.1, -0.05) is 39.2 Å². The van der Waals surface area contributed by atoms with Crippen LogP contribution in [0.1, 0.15) is 26.7 Å². The van der Waals surface area contributed by atoms with Crippen LogP contribution in [0, 0.1) is 11.8 Å². The minimum atomic E-state index is 0.513. The van der Waals surface area contributed by atoms with Crippen molar-refractivity contribution in [3.8, 4) is 0 Å². The molecule has 0 unspecified atom stereocenters. The topological polar surface area (TPSA) is 9.23 Å². The Morgan fingerprint density at radius 3 is 2.40 bits per heavy atom. The maximum Gasteiger partial charge on any atom is 0.0471 e. The second-order valence-electron chi connectivity index (χ2n) is 4.42. The highest BCUT2D eigenvalue weighted by atomic mass is 16.5. The summed E-state index contributed by atoms with van der Waals surface area (Å²) in [7, 11) is 0. The van der Waals surface area contributed by atoms with Gasteiger partial charge < -0.3 is 4.74 Å². The molecule has 0 aromatic carbocycles. The lowest BCUT2D eigenvalue weighted by Gasteiger charge is -2.27. The molecule has 15 heavy (non-hydrogen) atoms. The van der Waals surface area contributed by atoms with Crippen LogP contribution in [0.4, 0.5) is 0 Å². The van der Waals surface area contributed by atoms with Gasteiger partial charge in [0.05, 0.1) is 0 Å². The standard InChI is InChI=1S/C14H22O/c1-5-6-14(12(4)11(2)3)13-7-9-15-10-8-13/h5-6,11,13H,1,4,7-10H2,2-3H3/b14-6+. The van der Waals surface area contributed by atoms with E-state index in [4.69, 9.17) is 4.74 Å². The van der Waals surface area contributed by atoms with Crippen LogP contribution in [0.3, 0.4) is 0 Å². The number of ether oxygens (including phenoxy) is 1. The third-order valence-electron chi connectivity index (χ3n) is 3.03. The summed E-state index contributed by atoms with van der Waals surface area (Å²) in [4.78, 5) is 0. The van der Waals surface area contributed by atoms with E-state index in [9.17, 15) is 0 Å². The molecule has 1 fully saturated rings. The second-order valence-corrected chi connectivity index (χ2v) is 4.42. The monoisotopic (exact) mass is 206 g/mol. The summed E-state index contributed by atoms with van der Waals surface area (Å²) in [6.07, 6.45) is 6.23. The average Bonchev–Trinajstić information content (AvgIpc) is 2.26. The van der Waals surface area contributed by atoms with Crippen molar-refractivity contribution in [1.29, 1.82) is 0 Å². The van der Waals surface area contributed by atoms with E-state index in [1.54, 1.807) is 0 Å². The Morgan fingerprint density at radius 2 is 1.93 bits per heavy atom. The molecular formula is C14H22O. The van der Waals surface area contributed by atoms with Crippen LogP contribution in [-0.4, -0.2) is 13.2 Å². The van der Waals surface area contributed by atoms with E-state index in [0.29, 0.717) is 11.8 Å². The van der Waals surface area contributed by atoms with Crippen molar-refractivity contribution in [2.24, 2.45) is 11.8 Å². The lowest BCUT2D eigenvalue weighted by atomic mass is 9.83. The van der Waals surface area contributed by atoms with Crippen LogP contribution in [0.15, 0.2) is 36.5 Å². The third kappa shape index (κ3) is 3.35. The highest BCUT2D eigenvalue weighted by Crippen LogP contribution is 2.31. The van der Waals surface area contributed by atoms with Gasteiger partial charge in [-0.25, -0.2) is 0 Å². The molecule has 1 aliphatic heterocycles. The summed E-state index contributed by atoms with van der Waals surface area (Å²) in [5.74, 6) is 1.13. The second kappa shape index (κ2) is 5.92. The van der Waals surface area contributed by atoms with Gasteiger partial charge in [0.1, 0.15) is 0 Å². The molecule has 0 aromatic rings. The molecule has 84 valence electrons. The Kier molecular flexibility index (Phi) is 4.83. The van der Waals surface area contributed by atoms with Crippen molar-refractivity contribution in [1.82, 2.24) is 0 Å². The van der Waals surface area contributed by atoms with Gasteiger partial charge in [-0.2, -0.15) is 0 Å². The molecular weight excluding hydrogens is 184 g/mol. The van der Waals surface area contributed by atoms with E-state index < -0.39 is 0 Å². The summed E-state index contributed by atoms with van der Waals surface area (Å²) in [5.41, 5.74) is 2.63. The highest BCUT2D eigenvalue weighted by molar-refractivity contribution is 5.34. The zero-order chi connectivity index (χ0) is 11.3. The lowest BCUT2D eigenvalue weighted by molar-refractivity contribution is 0.0760. The first-order chi connectivity index (χ1) is 7.16. The van der Waals surface area contributed by atoms with E-state index in [0.717, 1.165) is 26.1 Å². The van der Waals surface area contributed by atoms with Crippen LogP contribution in [0.2, 0.25) is 0 Å². The first-order valence-corrected chi connectivity index (χ1v) is 5.76. The van der Waals surface area contributed by atoms with E-state index in [2.05, 4.69) is 33.1 Å². The van der Waals surface area contributed by atoms with Crippen LogP contribution in [-0.2, 0) is 4.74 Å². The molecule has 1 rings (SSSR count). The predicted molar refractivity (Wildman–Crippen MR) is 65.8 cm³/mol. The van der Waals surface area contributed by atoms with Gasteiger partial charge in [0.15, 0.2) is 0 Å². The minimum absolute atomic E-state index is 0.513. The molecule has 0 saturated carbocycles. The SMILES string of the molecule is C=C/C=C(\C(=C)C(C)C)C1CCOCC1. The largest absolute Gasteiger partial charge is 0.381 e. The molecule has 0 amide bonds. The molecule has 0 bridgehead atoms. The van der Waals surface area contributed by atoms with Crippen molar-refractivity contribution >= 4 is 0 Å². The van der Waals surface area contributed by atoms with Crippen molar-refractivity contribution in [2.75, 3.05) is 13.2 Å². The van der Waals surface area contributed by atoms with Crippen LogP contribution in [0.5, 0.6) is 0 Å². The van der Waals surface area contributed by atoms with E-state index in [1.165, 1.54) is 11.1 Å². The lowest BCUT2D eigenvalue weighted by Crippen LogP contribution is -2.19. The zero-order valence-electron chi connectivity index (χ0n) is 9.96. The van der Waals surface area contributed by atoms with E-state index >= 15 is 0 Å². The van der Waals surface area contributed by atoms with Crippen molar-refractivity contribution < 1.29 is 4.74 Å². The van der Waals surface area contributed by atoms with E-state index in [1.807, 2.05) is 6.08 Å². The number of hydrogen-bond acceptors (Lipinski definition) is 1. The van der Waals surface area contributed by atoms with Gasteiger partial charge >= 0.3 is 0 Å². The molecule has 1 heterocycles. The van der Waals surface area contributed by atoms with Gasteiger partial charge in [0, 0.05) is 13.2 Å². The molecule has 1 nitrogen and oxygen atoms in total. The Hall–Kier alpha value is -0.820. The van der Waals surface area contributed by atoms with Crippen molar-refractivity contribution in [2.45, 2.75) is 26.7 Å². The zero-order valence-corrected chi connectivity index (χ0v) is 9.96. The molecule has 0 aliphatic carbocycles. The molecule has 0 N–H and O–H groups in total. The molecule has 1 aliphatic rings. The molecule has 1 heteroatoms. The summed E-state index contributed by atoms with van der Waals surface area (Å²) >= 11 is 0. The average molecular weight is 206 g/mol. The molecule has 0 spiro atoms. The molecule has 1 saturated heterocycles. The normalized spacial score (nSPS) is 19.3. The number of hydrogen-bond donors (Lipinski definition) is 0. The fourth-order valence-electron chi connectivity index (χ4n) is 1.97. The van der Waals surface area contributed by atoms with Crippen LogP contribution < -0.4 is 0 Å². The van der Waals surface area contributed by atoms with E-state index in [-0.39, 0.29) is 0 Å². The first kappa shape index (κ1) is 12.3. The molecule has 0 atom stereocenters. The van der Waals surface area contributed by atoms with Gasteiger partial charge in [-0.15, -0.1) is 0 Å². The van der Waals surface area contributed by atoms with Crippen LogP contribution in [0.25, 0.3) is 0 Å². The summed E-state index contributed by atoms with van der Waals surface area (Å²) < 4.78 is 5.39. The Balaban J connectivity index is 2.77. The van der Waals surface area contributed by atoms with Crippen molar-refractivity contribution in [3.63, 3.8) is 0 Å². The maximum atomic E-state index is 5.39. The maximum absolute atomic E-state index is 5.39. The number of rotatable bonds is 4. The Bertz CT molecular complexity index is 255. The fraction of sp³-hybridized carbons (Fsp3) is 0.571.